The highest BCUT2D eigenvalue weighted by Crippen LogP contribution is 2.15. The first-order valence-electron chi connectivity index (χ1n) is 4.45. The molecule has 2 heterocycles. The van der Waals surface area contributed by atoms with Crippen molar-refractivity contribution in [2.24, 2.45) is 0 Å². The van der Waals surface area contributed by atoms with E-state index in [1.54, 1.807) is 6.07 Å². The number of nitrogen functional groups attached to an aromatic ring is 1. The summed E-state index contributed by atoms with van der Waals surface area (Å²) in [5, 5.41) is 7.32. The third-order valence-corrected chi connectivity index (χ3v) is 2.29. The van der Waals surface area contributed by atoms with Crippen molar-refractivity contribution in [2.75, 3.05) is 17.3 Å². The van der Waals surface area contributed by atoms with Crippen molar-refractivity contribution in [3.05, 3.63) is 18.3 Å². The first kappa shape index (κ1) is 10.7. The molecular formula is C8H10N6OS. The van der Waals surface area contributed by atoms with Crippen molar-refractivity contribution in [3.8, 4) is 0 Å². The molecule has 7 nitrogen and oxygen atoms in total. The molecule has 0 saturated carbocycles. The minimum absolute atomic E-state index is 0.426. The lowest BCUT2D eigenvalue weighted by atomic mass is 10.5. The molecule has 0 amide bonds. The standard InChI is InChI=1S/C8H10N6OS/c1-16-8-12-5(9)2-6(13-8)10-3-7-11-4-15-14-7/h2,4H,3H2,1H3,(H3,9,10,12,13). The molecule has 0 saturated heterocycles. The summed E-state index contributed by atoms with van der Waals surface area (Å²) in [6.45, 7) is 0.431. The Hall–Kier alpha value is -1.83. The van der Waals surface area contributed by atoms with Gasteiger partial charge in [0.15, 0.2) is 11.0 Å². The number of nitrogens with one attached hydrogen (secondary N) is 1. The Morgan fingerprint density at radius 3 is 3.06 bits per heavy atom. The zero-order chi connectivity index (χ0) is 11.4. The van der Waals surface area contributed by atoms with Gasteiger partial charge in [-0.1, -0.05) is 16.9 Å². The third-order valence-electron chi connectivity index (χ3n) is 1.74. The van der Waals surface area contributed by atoms with Crippen LogP contribution < -0.4 is 11.1 Å². The van der Waals surface area contributed by atoms with Crippen LogP contribution in [0.3, 0.4) is 0 Å². The monoisotopic (exact) mass is 238 g/mol. The van der Waals surface area contributed by atoms with Gasteiger partial charge in [0.2, 0.25) is 6.39 Å². The summed E-state index contributed by atoms with van der Waals surface area (Å²) in [4.78, 5) is 12.1. The summed E-state index contributed by atoms with van der Waals surface area (Å²) in [5.74, 6) is 1.62. The van der Waals surface area contributed by atoms with E-state index in [9.17, 15) is 0 Å². The molecule has 0 unspecified atom stereocenters. The lowest BCUT2D eigenvalue weighted by Crippen LogP contribution is -2.05. The predicted octanol–water partition coefficient (Wildman–Crippen LogP) is 0.776. The van der Waals surface area contributed by atoms with E-state index in [-0.39, 0.29) is 0 Å². The molecule has 0 spiro atoms. The topological polar surface area (TPSA) is 103 Å². The van der Waals surface area contributed by atoms with E-state index < -0.39 is 0 Å². The molecule has 2 aromatic heterocycles. The molecular weight excluding hydrogens is 228 g/mol. The smallest absolute Gasteiger partial charge is 0.213 e. The zero-order valence-corrected chi connectivity index (χ0v) is 9.36. The van der Waals surface area contributed by atoms with E-state index in [4.69, 9.17) is 5.73 Å². The summed E-state index contributed by atoms with van der Waals surface area (Å²) >= 11 is 1.43. The van der Waals surface area contributed by atoms with Crippen LogP contribution in [0, 0.1) is 0 Å². The Morgan fingerprint density at radius 1 is 1.50 bits per heavy atom. The number of thioether (sulfide) groups is 1. The van der Waals surface area contributed by atoms with Crippen LogP contribution in [-0.4, -0.2) is 26.4 Å². The van der Waals surface area contributed by atoms with Gasteiger partial charge in [-0.25, -0.2) is 9.97 Å². The number of aromatic nitrogens is 4. The van der Waals surface area contributed by atoms with Crippen LogP contribution in [0.1, 0.15) is 5.82 Å². The lowest BCUT2D eigenvalue weighted by molar-refractivity contribution is 0.411. The fourth-order valence-electron chi connectivity index (χ4n) is 1.06. The third kappa shape index (κ3) is 2.60. The molecule has 2 aromatic rings. The number of nitrogens with zero attached hydrogens (tertiary/aromatic N) is 4. The Bertz CT molecular complexity index is 460. The molecule has 0 aliphatic heterocycles. The van der Waals surface area contributed by atoms with E-state index in [1.165, 1.54) is 18.2 Å². The van der Waals surface area contributed by atoms with Crippen molar-refractivity contribution in [2.45, 2.75) is 11.7 Å². The van der Waals surface area contributed by atoms with Gasteiger partial charge < -0.3 is 15.6 Å². The summed E-state index contributed by atoms with van der Waals surface area (Å²) in [6.07, 6.45) is 3.16. The second-order valence-electron chi connectivity index (χ2n) is 2.87. The van der Waals surface area contributed by atoms with Crippen molar-refractivity contribution in [3.63, 3.8) is 0 Å². The maximum atomic E-state index is 5.63. The molecule has 0 radical (unpaired) electrons. The average molecular weight is 238 g/mol. The van der Waals surface area contributed by atoms with Crippen LogP contribution >= 0.6 is 11.8 Å². The Morgan fingerprint density at radius 2 is 2.38 bits per heavy atom. The highest BCUT2D eigenvalue weighted by atomic mass is 32.2. The fraction of sp³-hybridized carbons (Fsp3) is 0.250. The number of nitrogens with two attached hydrogens (primary N) is 1. The quantitative estimate of drug-likeness (QED) is 0.595. The minimum Gasteiger partial charge on any atom is -0.383 e. The van der Waals surface area contributed by atoms with Crippen molar-refractivity contribution >= 4 is 23.4 Å². The summed E-state index contributed by atoms with van der Waals surface area (Å²) in [5.41, 5.74) is 5.63. The van der Waals surface area contributed by atoms with Crippen LogP contribution in [0.5, 0.6) is 0 Å². The van der Waals surface area contributed by atoms with Crippen molar-refractivity contribution in [1.29, 1.82) is 0 Å². The van der Waals surface area contributed by atoms with Gasteiger partial charge in [-0.15, -0.1) is 0 Å². The molecule has 3 N–H and O–H groups in total. The highest BCUT2D eigenvalue weighted by Gasteiger charge is 2.03. The van der Waals surface area contributed by atoms with Gasteiger partial charge in [-0.2, -0.15) is 4.98 Å². The van der Waals surface area contributed by atoms with Gasteiger partial charge in [0.05, 0.1) is 6.54 Å². The molecule has 0 atom stereocenters. The van der Waals surface area contributed by atoms with E-state index in [0.717, 1.165) is 0 Å². The number of anilines is 2. The summed E-state index contributed by atoms with van der Waals surface area (Å²) in [6, 6.07) is 1.65. The molecule has 84 valence electrons. The molecule has 0 aliphatic carbocycles. The van der Waals surface area contributed by atoms with Gasteiger partial charge in [0, 0.05) is 6.07 Å². The Labute approximate surface area is 95.9 Å². The second-order valence-corrected chi connectivity index (χ2v) is 3.64. The Balaban J connectivity index is 2.06. The van der Waals surface area contributed by atoms with Crippen molar-refractivity contribution in [1.82, 2.24) is 20.1 Å². The highest BCUT2D eigenvalue weighted by molar-refractivity contribution is 7.98. The molecule has 0 aromatic carbocycles. The molecule has 16 heavy (non-hydrogen) atoms. The van der Waals surface area contributed by atoms with E-state index in [2.05, 4.69) is 29.9 Å². The van der Waals surface area contributed by atoms with Gasteiger partial charge in [0.1, 0.15) is 11.6 Å². The van der Waals surface area contributed by atoms with Crippen LogP contribution in [0.15, 0.2) is 22.1 Å². The second kappa shape index (κ2) is 4.79. The van der Waals surface area contributed by atoms with Gasteiger partial charge in [-0.05, 0) is 6.26 Å². The number of hydrogen-bond acceptors (Lipinski definition) is 8. The van der Waals surface area contributed by atoms with Crippen LogP contribution in [-0.2, 0) is 6.54 Å². The number of hydrogen-bond donors (Lipinski definition) is 2. The molecule has 0 aliphatic rings. The lowest BCUT2D eigenvalue weighted by Gasteiger charge is -2.04. The molecule has 0 fully saturated rings. The predicted molar refractivity (Wildman–Crippen MR) is 59.9 cm³/mol. The molecule has 2 rings (SSSR count). The zero-order valence-electron chi connectivity index (χ0n) is 8.54. The van der Waals surface area contributed by atoms with E-state index >= 15 is 0 Å². The SMILES string of the molecule is CSc1nc(N)cc(NCc2ncon2)n1. The maximum Gasteiger partial charge on any atom is 0.213 e. The first-order chi connectivity index (χ1) is 7.78. The summed E-state index contributed by atoms with van der Waals surface area (Å²) in [7, 11) is 0. The van der Waals surface area contributed by atoms with Crippen LogP contribution in [0.25, 0.3) is 0 Å². The average Bonchev–Trinajstić information content (AvgIpc) is 2.78. The first-order valence-corrected chi connectivity index (χ1v) is 5.68. The normalized spacial score (nSPS) is 10.3. The maximum absolute atomic E-state index is 5.63. The minimum atomic E-state index is 0.426. The number of rotatable bonds is 4. The molecule has 8 heteroatoms. The van der Waals surface area contributed by atoms with E-state index in [0.29, 0.717) is 29.2 Å². The van der Waals surface area contributed by atoms with Crippen LogP contribution in [0.2, 0.25) is 0 Å². The molecule has 0 bridgehead atoms. The van der Waals surface area contributed by atoms with E-state index in [1.807, 2.05) is 6.26 Å². The fourth-order valence-corrected chi connectivity index (χ4v) is 1.45. The van der Waals surface area contributed by atoms with Crippen molar-refractivity contribution < 1.29 is 4.52 Å². The Kier molecular flexibility index (Phi) is 3.20. The largest absolute Gasteiger partial charge is 0.383 e. The van der Waals surface area contributed by atoms with Gasteiger partial charge >= 0.3 is 0 Å². The van der Waals surface area contributed by atoms with Gasteiger partial charge in [0.25, 0.3) is 0 Å². The van der Waals surface area contributed by atoms with Gasteiger partial charge in [-0.3, -0.25) is 0 Å². The van der Waals surface area contributed by atoms with Crippen LogP contribution in [0.4, 0.5) is 11.6 Å². The summed E-state index contributed by atoms with van der Waals surface area (Å²) < 4.78 is 4.61.